The van der Waals surface area contributed by atoms with E-state index >= 15 is 0 Å². The number of rotatable bonds is 5. The quantitative estimate of drug-likeness (QED) is 0.830. The van der Waals surface area contributed by atoms with Crippen LogP contribution in [0.2, 0.25) is 0 Å². The minimum absolute atomic E-state index is 0.0687. The molecule has 1 amide bonds. The number of likely N-dealkylation sites (N-methyl/N-ethyl adjacent to an activating group) is 1. The summed E-state index contributed by atoms with van der Waals surface area (Å²) in [5.74, 6) is 1.51. The molecule has 1 fully saturated rings. The molecule has 134 valence electrons. The molecule has 1 aromatic heterocycles. The number of carbonyl (C=O) groups excluding carboxylic acids is 1. The monoisotopic (exact) mass is 360 g/mol. The lowest BCUT2D eigenvalue weighted by atomic mass is 9.94. The van der Waals surface area contributed by atoms with Crippen LogP contribution >= 0.6 is 12.2 Å². The summed E-state index contributed by atoms with van der Waals surface area (Å²) >= 11 is 5.33. The highest BCUT2D eigenvalue weighted by Crippen LogP contribution is 2.23. The summed E-state index contributed by atoms with van der Waals surface area (Å²) in [6, 6.07) is 7.90. The average Bonchev–Trinajstić information content (AvgIpc) is 3.02. The molecular formula is C18H24N4O2S. The molecule has 1 aromatic carbocycles. The highest BCUT2D eigenvalue weighted by atomic mass is 32.1. The summed E-state index contributed by atoms with van der Waals surface area (Å²) in [6.45, 7) is 0.198. The fourth-order valence-corrected chi connectivity index (χ4v) is 3.54. The number of benzene rings is 1. The van der Waals surface area contributed by atoms with Crippen molar-refractivity contribution in [2.45, 2.75) is 44.7 Å². The molecule has 0 saturated heterocycles. The van der Waals surface area contributed by atoms with Gasteiger partial charge in [0.25, 0.3) is 0 Å². The van der Waals surface area contributed by atoms with Gasteiger partial charge in [-0.05, 0) is 49.3 Å². The zero-order chi connectivity index (χ0) is 17.8. The van der Waals surface area contributed by atoms with Crippen molar-refractivity contribution in [2.24, 2.45) is 0 Å². The van der Waals surface area contributed by atoms with E-state index in [2.05, 4.69) is 10.2 Å². The molecule has 6 nitrogen and oxygen atoms in total. The molecule has 7 heteroatoms. The normalized spacial score (nSPS) is 15.1. The van der Waals surface area contributed by atoms with Gasteiger partial charge in [0.15, 0.2) is 10.6 Å². The van der Waals surface area contributed by atoms with Crippen LogP contribution in [-0.4, -0.2) is 45.8 Å². The fraction of sp³-hybridized carbons (Fsp3) is 0.500. The van der Waals surface area contributed by atoms with Crippen molar-refractivity contribution in [1.29, 1.82) is 0 Å². The van der Waals surface area contributed by atoms with E-state index in [1.165, 1.54) is 19.3 Å². The smallest absolute Gasteiger partial charge is 0.242 e. The topological polar surface area (TPSA) is 63.1 Å². The van der Waals surface area contributed by atoms with Gasteiger partial charge in [-0.2, -0.15) is 5.10 Å². The molecule has 3 rings (SSSR count). The molecule has 1 saturated carbocycles. The fourth-order valence-electron chi connectivity index (χ4n) is 3.34. The number of ether oxygens (including phenoxy) is 1. The maximum absolute atomic E-state index is 12.7. The second-order valence-electron chi connectivity index (χ2n) is 6.46. The molecule has 25 heavy (non-hydrogen) atoms. The second kappa shape index (κ2) is 7.82. The Labute approximate surface area is 152 Å². The third kappa shape index (κ3) is 3.92. The highest BCUT2D eigenvalue weighted by Gasteiger charge is 2.23. The number of aromatic nitrogens is 3. The van der Waals surface area contributed by atoms with Crippen molar-refractivity contribution in [3.05, 3.63) is 29.0 Å². The lowest BCUT2D eigenvalue weighted by Gasteiger charge is -2.31. The van der Waals surface area contributed by atoms with Crippen LogP contribution in [-0.2, 0) is 11.3 Å². The average molecular weight is 360 g/mol. The molecule has 1 heterocycles. The zero-order valence-corrected chi connectivity index (χ0v) is 15.5. The summed E-state index contributed by atoms with van der Waals surface area (Å²) in [7, 11) is 3.53. The van der Waals surface area contributed by atoms with E-state index in [1.807, 2.05) is 36.2 Å². The zero-order valence-electron chi connectivity index (χ0n) is 14.7. The van der Waals surface area contributed by atoms with Gasteiger partial charge in [-0.25, -0.2) is 0 Å². The minimum atomic E-state index is 0.0687. The summed E-state index contributed by atoms with van der Waals surface area (Å²) in [5, 5.41) is 7.10. The maximum Gasteiger partial charge on any atom is 0.242 e. The highest BCUT2D eigenvalue weighted by molar-refractivity contribution is 7.71. The molecule has 2 aromatic rings. The second-order valence-corrected chi connectivity index (χ2v) is 6.85. The van der Waals surface area contributed by atoms with Gasteiger partial charge < -0.3 is 9.64 Å². The van der Waals surface area contributed by atoms with Crippen LogP contribution in [0.15, 0.2) is 24.3 Å². The number of hydrogen-bond donors (Lipinski definition) is 1. The predicted octanol–water partition coefficient (Wildman–Crippen LogP) is 3.41. The Morgan fingerprint density at radius 1 is 1.32 bits per heavy atom. The molecule has 0 aliphatic heterocycles. The van der Waals surface area contributed by atoms with Gasteiger partial charge in [0.2, 0.25) is 5.91 Å². The number of methoxy groups -OCH3 is 1. The van der Waals surface area contributed by atoms with Crippen LogP contribution in [0.1, 0.15) is 32.1 Å². The van der Waals surface area contributed by atoms with Gasteiger partial charge in [0.1, 0.15) is 12.3 Å². The van der Waals surface area contributed by atoms with E-state index in [4.69, 9.17) is 17.0 Å². The number of nitrogens with zero attached hydrogens (tertiary/aromatic N) is 3. The Morgan fingerprint density at radius 3 is 2.64 bits per heavy atom. The largest absolute Gasteiger partial charge is 0.497 e. The minimum Gasteiger partial charge on any atom is -0.497 e. The molecule has 0 atom stereocenters. The van der Waals surface area contributed by atoms with Crippen LogP contribution in [0.25, 0.3) is 11.4 Å². The van der Waals surface area contributed by atoms with Gasteiger partial charge in [-0.15, -0.1) is 0 Å². The Morgan fingerprint density at radius 2 is 2.00 bits per heavy atom. The molecule has 1 N–H and O–H groups in total. The number of nitrogens with one attached hydrogen (secondary N) is 1. The predicted molar refractivity (Wildman–Crippen MR) is 99.0 cm³/mol. The summed E-state index contributed by atoms with van der Waals surface area (Å²) < 4.78 is 7.40. The van der Waals surface area contributed by atoms with Crippen LogP contribution in [0.4, 0.5) is 0 Å². The Hall–Kier alpha value is -2.15. The summed E-state index contributed by atoms with van der Waals surface area (Å²) in [5.41, 5.74) is 0.890. The van der Waals surface area contributed by atoms with Crippen LogP contribution in [0, 0.1) is 4.77 Å². The third-order valence-corrected chi connectivity index (χ3v) is 5.23. The van der Waals surface area contributed by atoms with Gasteiger partial charge in [0.05, 0.1) is 7.11 Å². The van der Waals surface area contributed by atoms with E-state index in [-0.39, 0.29) is 12.5 Å². The first kappa shape index (κ1) is 17.7. The number of aromatic amines is 1. The molecule has 1 aliphatic carbocycles. The number of carbonyl (C=O) groups is 1. The first-order valence-electron chi connectivity index (χ1n) is 8.65. The van der Waals surface area contributed by atoms with Crippen molar-refractivity contribution >= 4 is 18.1 Å². The van der Waals surface area contributed by atoms with Crippen molar-refractivity contribution in [2.75, 3.05) is 14.2 Å². The first-order chi connectivity index (χ1) is 12.1. The van der Waals surface area contributed by atoms with E-state index in [1.54, 1.807) is 11.7 Å². The first-order valence-corrected chi connectivity index (χ1v) is 9.06. The third-order valence-electron chi connectivity index (χ3n) is 4.92. The molecule has 0 spiro atoms. The Kier molecular flexibility index (Phi) is 5.53. The standard InChI is InChI=1S/C18H24N4O2S/c1-21(14-6-4-3-5-7-14)16(23)12-22-17(19-20-18(22)25)13-8-10-15(24-2)11-9-13/h8-11,14H,3-7,12H2,1-2H3,(H,20,25). The van der Waals surface area contributed by atoms with Gasteiger partial charge in [0, 0.05) is 18.7 Å². The summed E-state index contributed by atoms with van der Waals surface area (Å²) in [4.78, 5) is 14.6. The van der Waals surface area contributed by atoms with Crippen LogP contribution < -0.4 is 4.74 Å². The number of hydrogen-bond acceptors (Lipinski definition) is 4. The molecular weight excluding hydrogens is 336 g/mol. The maximum atomic E-state index is 12.7. The summed E-state index contributed by atoms with van der Waals surface area (Å²) in [6.07, 6.45) is 5.84. The lowest BCUT2D eigenvalue weighted by molar-refractivity contribution is -0.133. The number of H-pyrrole nitrogens is 1. The van der Waals surface area contributed by atoms with Gasteiger partial charge in [-0.1, -0.05) is 19.3 Å². The van der Waals surface area contributed by atoms with Crippen molar-refractivity contribution in [1.82, 2.24) is 19.7 Å². The molecule has 1 aliphatic rings. The molecule has 0 bridgehead atoms. The van der Waals surface area contributed by atoms with E-state index in [0.717, 1.165) is 24.2 Å². The SMILES string of the molecule is COc1ccc(-c2n[nH]c(=S)n2CC(=O)N(C)C2CCCCC2)cc1. The van der Waals surface area contributed by atoms with Crippen molar-refractivity contribution < 1.29 is 9.53 Å². The van der Waals surface area contributed by atoms with Crippen molar-refractivity contribution in [3.63, 3.8) is 0 Å². The molecule has 0 radical (unpaired) electrons. The van der Waals surface area contributed by atoms with E-state index in [9.17, 15) is 4.79 Å². The van der Waals surface area contributed by atoms with Crippen LogP contribution in [0.5, 0.6) is 5.75 Å². The van der Waals surface area contributed by atoms with E-state index in [0.29, 0.717) is 16.6 Å². The van der Waals surface area contributed by atoms with Gasteiger partial charge >= 0.3 is 0 Å². The Bertz CT molecular complexity index is 775. The lowest BCUT2D eigenvalue weighted by Crippen LogP contribution is -2.40. The molecule has 0 unspecified atom stereocenters. The van der Waals surface area contributed by atoms with Crippen LogP contribution in [0.3, 0.4) is 0 Å². The number of amides is 1. The van der Waals surface area contributed by atoms with E-state index < -0.39 is 0 Å². The Balaban J connectivity index is 1.79. The van der Waals surface area contributed by atoms with Crippen molar-refractivity contribution in [3.8, 4) is 17.1 Å². The van der Waals surface area contributed by atoms with Gasteiger partial charge in [-0.3, -0.25) is 14.5 Å².